The predicted octanol–water partition coefficient (Wildman–Crippen LogP) is 2.12. The van der Waals surface area contributed by atoms with Crippen LogP contribution in [0.25, 0.3) is 0 Å². The van der Waals surface area contributed by atoms with Gasteiger partial charge in [-0.05, 0) is 30.5 Å². The van der Waals surface area contributed by atoms with Crippen molar-refractivity contribution in [3.8, 4) is 0 Å². The van der Waals surface area contributed by atoms with Crippen LogP contribution in [0.4, 0.5) is 13.2 Å². The molecule has 1 aromatic rings. The van der Waals surface area contributed by atoms with Crippen LogP contribution >= 0.6 is 0 Å². The molecule has 8 heteroatoms. The Balaban J connectivity index is 2.12. The minimum Gasteiger partial charge on any atom is -0.310 e. The van der Waals surface area contributed by atoms with Crippen LogP contribution in [0.2, 0.25) is 0 Å². The molecule has 0 saturated heterocycles. The van der Waals surface area contributed by atoms with Gasteiger partial charge in [-0.15, -0.1) is 0 Å². The van der Waals surface area contributed by atoms with Crippen molar-refractivity contribution in [2.45, 2.75) is 36.5 Å². The molecule has 0 atom stereocenters. The smallest absolute Gasteiger partial charge is 0.310 e. The fourth-order valence-corrected chi connectivity index (χ4v) is 3.11. The van der Waals surface area contributed by atoms with Gasteiger partial charge < -0.3 is 5.32 Å². The van der Waals surface area contributed by atoms with E-state index in [0.29, 0.717) is 16.9 Å². The predicted molar refractivity (Wildman–Crippen MR) is 72.2 cm³/mol. The van der Waals surface area contributed by atoms with Crippen LogP contribution in [0.5, 0.6) is 0 Å². The van der Waals surface area contributed by atoms with E-state index in [1.54, 1.807) is 6.07 Å². The van der Waals surface area contributed by atoms with Crippen LogP contribution in [0, 0.1) is 0 Å². The number of rotatable bonds is 6. The maximum absolute atomic E-state index is 12.3. The summed E-state index contributed by atoms with van der Waals surface area (Å²) < 4.78 is 61.6. The minimum absolute atomic E-state index is 0.121. The van der Waals surface area contributed by atoms with E-state index in [1.165, 1.54) is 18.2 Å². The van der Waals surface area contributed by atoms with Gasteiger partial charge in [0, 0.05) is 19.6 Å². The largest absolute Gasteiger partial charge is 0.402 e. The van der Waals surface area contributed by atoms with E-state index >= 15 is 0 Å². The van der Waals surface area contributed by atoms with Gasteiger partial charge in [0.1, 0.15) is 6.54 Å². The van der Waals surface area contributed by atoms with Crippen molar-refractivity contribution in [2.75, 3.05) is 13.6 Å². The summed E-state index contributed by atoms with van der Waals surface area (Å²) in [5.41, 5.74) is 0.739. The average molecular weight is 322 g/mol. The van der Waals surface area contributed by atoms with E-state index in [-0.39, 0.29) is 4.90 Å². The molecule has 4 nitrogen and oxygen atoms in total. The monoisotopic (exact) mass is 322 g/mol. The van der Waals surface area contributed by atoms with Gasteiger partial charge in [-0.1, -0.05) is 12.1 Å². The molecule has 1 aliphatic carbocycles. The first kappa shape index (κ1) is 16.3. The maximum atomic E-state index is 12.3. The highest BCUT2D eigenvalue weighted by molar-refractivity contribution is 7.89. The third-order valence-corrected chi connectivity index (χ3v) is 4.98. The summed E-state index contributed by atoms with van der Waals surface area (Å²) in [7, 11) is -3.20. The zero-order valence-electron chi connectivity index (χ0n) is 11.5. The van der Waals surface area contributed by atoms with E-state index < -0.39 is 22.7 Å². The van der Waals surface area contributed by atoms with Crippen LogP contribution in [-0.4, -0.2) is 38.5 Å². The second-order valence-electron chi connectivity index (χ2n) is 5.18. The Morgan fingerprint density at radius 2 is 2.00 bits per heavy atom. The highest BCUT2D eigenvalue weighted by Gasteiger charge is 2.34. The Labute approximate surface area is 122 Å². The van der Waals surface area contributed by atoms with Crippen LogP contribution < -0.4 is 5.32 Å². The lowest BCUT2D eigenvalue weighted by Crippen LogP contribution is -2.35. The average Bonchev–Trinajstić information content (AvgIpc) is 3.18. The number of sulfonamides is 1. The molecule has 0 aliphatic heterocycles. The van der Waals surface area contributed by atoms with Gasteiger partial charge in [0.15, 0.2) is 0 Å². The zero-order chi connectivity index (χ0) is 15.7. The van der Waals surface area contributed by atoms with E-state index in [0.717, 1.165) is 25.5 Å². The molecule has 1 aromatic carbocycles. The SMILES string of the molecule is CN(CC(F)(F)F)S(=O)(=O)c1cccc(CNC2CC2)c1. The summed E-state index contributed by atoms with van der Waals surface area (Å²) in [6.45, 7) is -0.989. The second-order valence-corrected chi connectivity index (χ2v) is 7.22. The Morgan fingerprint density at radius 3 is 2.57 bits per heavy atom. The molecule has 0 unspecified atom stereocenters. The first-order chi connectivity index (χ1) is 9.68. The number of nitrogens with zero attached hydrogens (tertiary/aromatic N) is 1. The normalized spacial score (nSPS) is 16.4. The Hall–Kier alpha value is -1.12. The molecule has 21 heavy (non-hydrogen) atoms. The summed E-state index contributed by atoms with van der Waals surface area (Å²) in [5, 5.41) is 3.23. The quantitative estimate of drug-likeness (QED) is 0.873. The Kier molecular flexibility index (Phi) is 4.60. The molecule has 0 heterocycles. The number of hydrogen-bond donors (Lipinski definition) is 1. The molecule has 1 aliphatic rings. The standard InChI is InChI=1S/C13H17F3N2O2S/c1-18(9-13(14,15)16)21(19,20)12-4-2-3-10(7-12)8-17-11-5-6-11/h2-4,7,11,17H,5-6,8-9H2,1H3. The highest BCUT2D eigenvalue weighted by atomic mass is 32.2. The Bertz CT molecular complexity index is 598. The molecule has 1 fully saturated rings. The lowest BCUT2D eigenvalue weighted by atomic mass is 10.2. The van der Waals surface area contributed by atoms with Crippen molar-refractivity contribution in [3.63, 3.8) is 0 Å². The topological polar surface area (TPSA) is 49.4 Å². The van der Waals surface area contributed by atoms with E-state index in [1.807, 2.05) is 0 Å². The number of nitrogens with one attached hydrogen (secondary N) is 1. The van der Waals surface area contributed by atoms with Gasteiger partial charge in [0.05, 0.1) is 4.90 Å². The van der Waals surface area contributed by atoms with Crippen molar-refractivity contribution in [2.24, 2.45) is 0 Å². The van der Waals surface area contributed by atoms with Crippen molar-refractivity contribution in [1.82, 2.24) is 9.62 Å². The summed E-state index contributed by atoms with van der Waals surface area (Å²) in [4.78, 5) is -0.121. The fourth-order valence-electron chi connectivity index (χ4n) is 1.88. The van der Waals surface area contributed by atoms with Crippen molar-refractivity contribution in [3.05, 3.63) is 29.8 Å². The molecule has 118 valence electrons. The second kappa shape index (κ2) is 5.94. The van der Waals surface area contributed by atoms with Crippen molar-refractivity contribution >= 4 is 10.0 Å². The van der Waals surface area contributed by atoms with Gasteiger partial charge in [-0.2, -0.15) is 17.5 Å². The van der Waals surface area contributed by atoms with Crippen molar-refractivity contribution < 1.29 is 21.6 Å². The summed E-state index contributed by atoms with van der Waals surface area (Å²) in [6, 6.07) is 6.48. The number of halogens is 3. The first-order valence-corrected chi connectivity index (χ1v) is 7.98. The van der Waals surface area contributed by atoms with Crippen LogP contribution in [0.1, 0.15) is 18.4 Å². The van der Waals surface area contributed by atoms with Gasteiger partial charge in [0.2, 0.25) is 10.0 Å². The molecular formula is C13H17F3N2O2S. The molecular weight excluding hydrogens is 305 g/mol. The van der Waals surface area contributed by atoms with Crippen LogP contribution in [0.3, 0.4) is 0 Å². The lowest BCUT2D eigenvalue weighted by Gasteiger charge is -2.19. The van der Waals surface area contributed by atoms with Gasteiger partial charge in [0.25, 0.3) is 0 Å². The van der Waals surface area contributed by atoms with E-state index in [2.05, 4.69) is 5.32 Å². The van der Waals surface area contributed by atoms with Gasteiger partial charge >= 0.3 is 6.18 Å². The summed E-state index contributed by atoms with van der Waals surface area (Å²) in [6.07, 6.45) is -2.36. The number of hydrogen-bond acceptors (Lipinski definition) is 3. The third kappa shape index (κ3) is 4.69. The highest BCUT2D eigenvalue weighted by Crippen LogP contribution is 2.23. The number of alkyl halides is 3. The number of benzene rings is 1. The molecule has 0 bridgehead atoms. The van der Waals surface area contributed by atoms with E-state index in [9.17, 15) is 21.6 Å². The molecule has 0 aromatic heterocycles. The molecule has 0 amide bonds. The van der Waals surface area contributed by atoms with Gasteiger partial charge in [-0.3, -0.25) is 0 Å². The lowest BCUT2D eigenvalue weighted by molar-refractivity contribution is -0.134. The maximum Gasteiger partial charge on any atom is 0.402 e. The molecule has 2 rings (SSSR count). The van der Waals surface area contributed by atoms with Crippen molar-refractivity contribution in [1.29, 1.82) is 0 Å². The molecule has 0 radical (unpaired) electrons. The molecule has 1 N–H and O–H groups in total. The molecule has 1 saturated carbocycles. The summed E-state index contributed by atoms with van der Waals surface area (Å²) >= 11 is 0. The first-order valence-electron chi connectivity index (χ1n) is 6.54. The third-order valence-electron chi connectivity index (χ3n) is 3.18. The van der Waals surface area contributed by atoms with Gasteiger partial charge in [-0.25, -0.2) is 8.42 Å². The minimum atomic E-state index is -4.56. The molecule has 0 spiro atoms. The van der Waals surface area contributed by atoms with Crippen LogP contribution in [0.15, 0.2) is 29.2 Å². The fraction of sp³-hybridized carbons (Fsp3) is 0.538. The summed E-state index contributed by atoms with van der Waals surface area (Å²) in [5.74, 6) is 0. The van der Waals surface area contributed by atoms with E-state index in [4.69, 9.17) is 0 Å². The zero-order valence-corrected chi connectivity index (χ0v) is 12.3. The Morgan fingerprint density at radius 1 is 1.33 bits per heavy atom. The van der Waals surface area contributed by atoms with Crippen LogP contribution in [-0.2, 0) is 16.6 Å².